The molecule has 0 radical (unpaired) electrons. The van der Waals surface area contributed by atoms with E-state index in [2.05, 4.69) is 4.74 Å². The van der Waals surface area contributed by atoms with Gasteiger partial charge in [0, 0.05) is 6.92 Å². The van der Waals surface area contributed by atoms with Gasteiger partial charge in [0.2, 0.25) is 0 Å². The van der Waals surface area contributed by atoms with Crippen molar-refractivity contribution >= 4 is 23.9 Å². The van der Waals surface area contributed by atoms with Gasteiger partial charge in [0.1, 0.15) is 0 Å². The maximum Gasteiger partial charge on any atom is 0.336 e. The maximum atomic E-state index is 10.3. The standard InChI is InChI=1S/C6H8O7.C4H9NO4/c7-3(8)1-6(13,5(11)12)2-4(9)10;1-4(7,8)9-3(6)2-5/h13H,1-2H2,(H,7,8)(H,9,10)(H,11,12);7-8H,2,5H2,1H3. The third-order valence-corrected chi connectivity index (χ3v) is 1.76. The summed E-state index contributed by atoms with van der Waals surface area (Å²) in [6.07, 6.45) is -2.29. The molecule has 0 fully saturated rings. The molecule has 0 rings (SSSR count). The van der Waals surface area contributed by atoms with Crippen molar-refractivity contribution in [2.24, 2.45) is 5.73 Å². The van der Waals surface area contributed by atoms with Gasteiger partial charge in [0.25, 0.3) is 0 Å². The molecule has 0 aromatic carbocycles. The molecule has 0 saturated carbocycles. The van der Waals surface area contributed by atoms with Crippen LogP contribution in [-0.2, 0) is 23.9 Å². The van der Waals surface area contributed by atoms with E-state index >= 15 is 0 Å². The second-order valence-corrected chi connectivity index (χ2v) is 4.09. The van der Waals surface area contributed by atoms with E-state index in [1.54, 1.807) is 0 Å². The van der Waals surface area contributed by atoms with Crippen LogP contribution >= 0.6 is 0 Å². The summed E-state index contributed by atoms with van der Waals surface area (Å²) in [5.74, 6) is -8.28. The highest BCUT2D eigenvalue weighted by Crippen LogP contribution is 2.15. The van der Waals surface area contributed by atoms with Gasteiger partial charge in [0.15, 0.2) is 5.60 Å². The van der Waals surface area contributed by atoms with Gasteiger partial charge in [-0.05, 0) is 0 Å². The Bertz CT molecular complexity index is 409. The number of nitrogens with two attached hydrogens (primary N) is 1. The van der Waals surface area contributed by atoms with Crippen LogP contribution < -0.4 is 5.73 Å². The SMILES string of the molecule is CC(O)(O)OC(=O)CN.O=C(O)CC(O)(CC(=O)O)C(=O)O. The third kappa shape index (κ3) is 11.5. The molecule has 0 amide bonds. The van der Waals surface area contributed by atoms with Crippen LogP contribution in [0.25, 0.3) is 0 Å². The molecule has 0 aliphatic rings. The molecule has 0 aliphatic carbocycles. The number of carboxylic acids is 3. The predicted molar refractivity (Wildman–Crippen MR) is 65.1 cm³/mol. The van der Waals surface area contributed by atoms with E-state index in [0.29, 0.717) is 0 Å². The van der Waals surface area contributed by atoms with Crippen molar-refractivity contribution in [3.63, 3.8) is 0 Å². The van der Waals surface area contributed by atoms with E-state index in [1.807, 2.05) is 0 Å². The maximum absolute atomic E-state index is 10.3. The first-order valence-electron chi connectivity index (χ1n) is 5.49. The number of hydrogen-bond acceptors (Lipinski definition) is 9. The highest BCUT2D eigenvalue weighted by atomic mass is 16.8. The Kier molecular flexibility index (Phi) is 8.89. The van der Waals surface area contributed by atoms with Gasteiger partial charge in [-0.1, -0.05) is 0 Å². The first kappa shape index (κ1) is 22.0. The molecule has 12 heteroatoms. The topological polar surface area (TPSA) is 225 Å². The predicted octanol–water partition coefficient (Wildman–Crippen LogP) is -3.10. The first-order chi connectivity index (χ1) is 9.73. The highest BCUT2D eigenvalue weighted by Gasteiger charge is 2.40. The second-order valence-electron chi connectivity index (χ2n) is 4.09. The van der Waals surface area contributed by atoms with Gasteiger partial charge in [-0.3, -0.25) is 14.4 Å². The molecule has 8 N–H and O–H groups in total. The van der Waals surface area contributed by atoms with Gasteiger partial charge >= 0.3 is 29.9 Å². The zero-order valence-corrected chi connectivity index (χ0v) is 11.4. The normalized spacial score (nSPS) is 11.0. The van der Waals surface area contributed by atoms with Crippen LogP contribution in [0.3, 0.4) is 0 Å². The molecule has 0 heterocycles. The lowest BCUT2D eigenvalue weighted by Gasteiger charge is -2.18. The first-order valence-corrected chi connectivity index (χ1v) is 5.49. The van der Waals surface area contributed by atoms with Crippen LogP contribution in [0.2, 0.25) is 0 Å². The average molecular weight is 327 g/mol. The van der Waals surface area contributed by atoms with E-state index in [0.717, 1.165) is 6.92 Å². The second kappa shape index (κ2) is 8.89. The monoisotopic (exact) mass is 327 g/mol. The lowest BCUT2D eigenvalue weighted by molar-refractivity contribution is -0.306. The van der Waals surface area contributed by atoms with Crippen molar-refractivity contribution in [1.29, 1.82) is 0 Å². The molecule has 0 bridgehead atoms. The van der Waals surface area contributed by atoms with Crippen molar-refractivity contribution in [2.75, 3.05) is 6.54 Å². The van der Waals surface area contributed by atoms with Gasteiger partial charge in [0.05, 0.1) is 19.4 Å². The van der Waals surface area contributed by atoms with E-state index in [4.69, 9.17) is 36.4 Å². The van der Waals surface area contributed by atoms with Crippen molar-refractivity contribution in [1.82, 2.24) is 0 Å². The number of aliphatic hydroxyl groups is 3. The molecule has 22 heavy (non-hydrogen) atoms. The molecule has 0 aliphatic heterocycles. The molecule has 0 aromatic heterocycles. The summed E-state index contributed by atoms with van der Waals surface area (Å²) < 4.78 is 3.93. The van der Waals surface area contributed by atoms with E-state index in [-0.39, 0.29) is 6.54 Å². The van der Waals surface area contributed by atoms with Crippen LogP contribution in [0.1, 0.15) is 19.8 Å². The Hall–Kier alpha value is -2.28. The molecule has 0 unspecified atom stereocenters. The number of carbonyl (C=O) groups is 4. The largest absolute Gasteiger partial charge is 0.481 e. The zero-order chi connectivity index (χ0) is 18.1. The average Bonchev–Trinajstić information content (AvgIpc) is 2.24. The summed E-state index contributed by atoms with van der Waals surface area (Å²) in [7, 11) is 0. The van der Waals surface area contributed by atoms with Crippen molar-refractivity contribution in [3.8, 4) is 0 Å². The number of esters is 1. The van der Waals surface area contributed by atoms with Gasteiger partial charge < -0.3 is 41.1 Å². The fourth-order valence-corrected chi connectivity index (χ4v) is 0.971. The van der Waals surface area contributed by atoms with Gasteiger partial charge in [-0.15, -0.1) is 0 Å². The Morgan fingerprint density at radius 3 is 1.45 bits per heavy atom. The Balaban J connectivity index is 0. The number of ether oxygens (including phenoxy) is 1. The van der Waals surface area contributed by atoms with Crippen LogP contribution in [0.15, 0.2) is 0 Å². The van der Waals surface area contributed by atoms with Gasteiger partial charge in [-0.25, -0.2) is 4.79 Å². The molecule has 128 valence electrons. The lowest BCUT2D eigenvalue weighted by Crippen LogP contribution is -2.42. The van der Waals surface area contributed by atoms with Crippen LogP contribution in [-0.4, -0.2) is 72.6 Å². The number of aliphatic carboxylic acids is 3. The van der Waals surface area contributed by atoms with Crippen LogP contribution in [0.5, 0.6) is 0 Å². The Labute approximate surface area is 123 Å². The van der Waals surface area contributed by atoms with Crippen LogP contribution in [0, 0.1) is 0 Å². The quantitative estimate of drug-likeness (QED) is 0.182. The Morgan fingerprint density at radius 2 is 1.32 bits per heavy atom. The van der Waals surface area contributed by atoms with Gasteiger partial charge in [-0.2, -0.15) is 0 Å². The zero-order valence-electron chi connectivity index (χ0n) is 11.4. The minimum Gasteiger partial charge on any atom is -0.481 e. The third-order valence-electron chi connectivity index (χ3n) is 1.76. The van der Waals surface area contributed by atoms with E-state index < -0.39 is 48.3 Å². The summed E-state index contributed by atoms with van der Waals surface area (Å²) >= 11 is 0. The summed E-state index contributed by atoms with van der Waals surface area (Å²) in [6, 6.07) is 0. The van der Waals surface area contributed by atoms with E-state index in [1.165, 1.54) is 0 Å². The minimum absolute atomic E-state index is 0.364. The molecule has 12 nitrogen and oxygen atoms in total. The fourth-order valence-electron chi connectivity index (χ4n) is 0.971. The fraction of sp³-hybridized carbons (Fsp3) is 0.600. The molecular formula is C10H17NO11. The molecule has 0 spiro atoms. The summed E-state index contributed by atoms with van der Waals surface area (Å²) in [6.45, 7) is 0.553. The van der Waals surface area contributed by atoms with Crippen molar-refractivity contribution in [3.05, 3.63) is 0 Å². The van der Waals surface area contributed by atoms with E-state index in [9.17, 15) is 19.2 Å². The molecule has 0 saturated heterocycles. The van der Waals surface area contributed by atoms with Crippen molar-refractivity contribution < 1.29 is 54.6 Å². The Morgan fingerprint density at radius 1 is 0.955 bits per heavy atom. The smallest absolute Gasteiger partial charge is 0.336 e. The van der Waals surface area contributed by atoms with Crippen molar-refractivity contribution in [2.45, 2.75) is 31.3 Å². The summed E-state index contributed by atoms with van der Waals surface area (Å²) in [4.78, 5) is 40.6. The number of carbonyl (C=O) groups excluding carboxylic acids is 1. The summed E-state index contributed by atoms with van der Waals surface area (Å²) in [5.41, 5.74) is 2.04. The molecular weight excluding hydrogens is 310 g/mol. The number of rotatable bonds is 7. The van der Waals surface area contributed by atoms with Crippen LogP contribution in [0.4, 0.5) is 0 Å². The highest BCUT2D eigenvalue weighted by molar-refractivity contribution is 5.88. The lowest BCUT2D eigenvalue weighted by atomic mass is 9.96. The molecule has 0 atom stereocenters. The minimum atomic E-state index is -2.74. The number of carboxylic acid groups (broad SMARTS) is 3. The molecule has 0 aromatic rings. The summed E-state index contributed by atoms with van der Waals surface area (Å²) in [5, 5.41) is 50.6. The number of hydrogen-bond donors (Lipinski definition) is 7.